The molecule has 1 aromatic carbocycles. The van der Waals surface area contributed by atoms with E-state index in [0.29, 0.717) is 21.4 Å². The molecule has 2 aliphatic heterocycles. The summed E-state index contributed by atoms with van der Waals surface area (Å²) < 4.78 is 6.19. The van der Waals surface area contributed by atoms with E-state index in [9.17, 15) is 0 Å². The van der Waals surface area contributed by atoms with Crippen molar-refractivity contribution in [2.75, 3.05) is 13.1 Å². The van der Waals surface area contributed by atoms with Crippen molar-refractivity contribution in [1.29, 1.82) is 0 Å². The van der Waals surface area contributed by atoms with Crippen LogP contribution in [0.1, 0.15) is 49.2 Å². The minimum absolute atomic E-state index is 0.344. The number of halogens is 2. The monoisotopic (exact) mass is 497 g/mol. The summed E-state index contributed by atoms with van der Waals surface area (Å²) in [6, 6.07) is 5.84. The van der Waals surface area contributed by atoms with Crippen LogP contribution in [-0.4, -0.2) is 48.3 Å². The maximum Gasteiger partial charge on any atom is 0.159 e. The van der Waals surface area contributed by atoms with Gasteiger partial charge in [0.1, 0.15) is 17.5 Å². The van der Waals surface area contributed by atoms with Gasteiger partial charge in [-0.25, -0.2) is 15.0 Å². The Morgan fingerprint density at radius 1 is 1.03 bits per heavy atom. The summed E-state index contributed by atoms with van der Waals surface area (Å²) in [6.45, 7) is 5.90. The van der Waals surface area contributed by atoms with Gasteiger partial charge >= 0.3 is 0 Å². The van der Waals surface area contributed by atoms with Gasteiger partial charge in [0.25, 0.3) is 0 Å². The molecule has 2 aliphatic rings. The molecule has 0 spiro atoms. The van der Waals surface area contributed by atoms with E-state index < -0.39 is 0 Å². The first-order valence-corrected chi connectivity index (χ1v) is 12.3. The van der Waals surface area contributed by atoms with E-state index in [2.05, 4.69) is 30.2 Å². The van der Waals surface area contributed by atoms with Crippen molar-refractivity contribution in [2.24, 2.45) is 0 Å². The molecule has 1 atom stereocenters. The Balaban J connectivity index is 1.24. The number of aromatic amines is 2. The second-order valence-electron chi connectivity index (χ2n) is 8.90. The fraction of sp³-hybridized carbons (Fsp3) is 0.375. The lowest BCUT2D eigenvalue weighted by Gasteiger charge is -2.34. The van der Waals surface area contributed by atoms with Crippen LogP contribution in [0.15, 0.2) is 30.6 Å². The number of hydrogen-bond acceptors (Lipinski definition) is 6. The summed E-state index contributed by atoms with van der Waals surface area (Å²) in [7, 11) is 0. The Bertz CT molecular complexity index is 1300. The molecule has 0 saturated carbocycles. The van der Waals surface area contributed by atoms with Gasteiger partial charge in [-0.05, 0) is 38.0 Å². The Morgan fingerprint density at radius 2 is 1.82 bits per heavy atom. The molecule has 8 nitrogen and oxygen atoms in total. The van der Waals surface area contributed by atoms with Crippen molar-refractivity contribution >= 4 is 34.1 Å². The lowest BCUT2D eigenvalue weighted by atomic mass is 10.1. The zero-order valence-corrected chi connectivity index (χ0v) is 20.3. The highest BCUT2D eigenvalue weighted by molar-refractivity contribution is 6.35. The fourth-order valence-corrected chi connectivity index (χ4v) is 5.58. The van der Waals surface area contributed by atoms with Crippen LogP contribution in [0, 0.1) is 0 Å². The number of aromatic nitrogens is 5. The molecule has 0 aliphatic carbocycles. The van der Waals surface area contributed by atoms with Crippen LogP contribution in [0.4, 0.5) is 0 Å². The number of hydrogen-bond donors (Lipinski definition) is 2. The van der Waals surface area contributed by atoms with Crippen molar-refractivity contribution in [2.45, 2.75) is 45.4 Å². The summed E-state index contributed by atoms with van der Waals surface area (Å²) in [4.78, 5) is 12.4. The van der Waals surface area contributed by atoms with Crippen LogP contribution in [0.25, 0.3) is 22.4 Å². The Morgan fingerprint density at radius 3 is 2.59 bits per heavy atom. The quantitative estimate of drug-likeness (QED) is 0.377. The van der Waals surface area contributed by atoms with E-state index in [-0.39, 0.29) is 6.10 Å². The Kier molecular flexibility index (Phi) is 5.69. The molecule has 34 heavy (non-hydrogen) atoms. The maximum absolute atomic E-state index is 6.31. The van der Waals surface area contributed by atoms with Gasteiger partial charge in [-0.15, -0.1) is 0 Å². The number of benzene rings is 1. The summed E-state index contributed by atoms with van der Waals surface area (Å²) in [6.07, 6.45) is 6.67. The normalized spacial score (nSPS) is 17.9. The molecular formula is C24H25Cl2N7O. The largest absolute Gasteiger partial charge is 0.486 e. The highest BCUT2D eigenvalue weighted by Crippen LogP contribution is 2.35. The third kappa shape index (κ3) is 3.94. The number of imidazole rings is 1. The Hall–Kier alpha value is -2.65. The third-order valence-corrected chi connectivity index (χ3v) is 7.24. The molecule has 2 N–H and O–H groups in total. The number of pyridine rings is 1. The first-order valence-electron chi connectivity index (χ1n) is 11.6. The lowest BCUT2D eigenvalue weighted by molar-refractivity contribution is -0.0453. The Labute approximate surface area is 207 Å². The standard InChI is InChI=1S/C24H25Cl2N7O/c1-14(22-17(25)10-27-11-18(22)26)34-15-5-6-19-16(9-15)23(31-30-19)24-28-20-12-33(13-21(20)29-24)32-7-3-2-4-8-32/h5-6,9-11,14H,2-4,7-8,12-13H2,1H3,(H,28,29)(H,30,31). The molecule has 5 heterocycles. The minimum atomic E-state index is -0.344. The lowest BCUT2D eigenvalue weighted by Crippen LogP contribution is -2.42. The average molecular weight is 498 g/mol. The molecule has 1 unspecified atom stereocenters. The molecule has 4 aromatic rings. The van der Waals surface area contributed by atoms with Gasteiger partial charge in [-0.1, -0.05) is 29.6 Å². The zero-order chi connectivity index (χ0) is 23.2. The summed E-state index contributed by atoms with van der Waals surface area (Å²) in [5.74, 6) is 1.47. The highest BCUT2D eigenvalue weighted by atomic mass is 35.5. The van der Waals surface area contributed by atoms with Crippen LogP contribution in [0.3, 0.4) is 0 Å². The second-order valence-corrected chi connectivity index (χ2v) is 9.72. The number of fused-ring (bicyclic) bond motifs is 2. The maximum atomic E-state index is 6.31. The molecule has 1 saturated heterocycles. The first-order chi connectivity index (χ1) is 16.6. The predicted octanol–water partition coefficient (Wildman–Crippen LogP) is 5.51. The molecule has 3 aromatic heterocycles. The van der Waals surface area contributed by atoms with Gasteiger partial charge in [-0.2, -0.15) is 5.10 Å². The van der Waals surface area contributed by atoms with Crippen molar-refractivity contribution in [3.63, 3.8) is 0 Å². The van der Waals surface area contributed by atoms with Crippen LogP contribution >= 0.6 is 23.2 Å². The van der Waals surface area contributed by atoms with E-state index in [0.717, 1.165) is 54.3 Å². The first kappa shape index (κ1) is 21.9. The minimum Gasteiger partial charge on any atom is -0.486 e. The number of nitrogens with zero attached hydrogens (tertiary/aromatic N) is 5. The molecule has 0 radical (unpaired) electrons. The van der Waals surface area contributed by atoms with E-state index in [1.54, 1.807) is 12.4 Å². The van der Waals surface area contributed by atoms with Gasteiger partial charge < -0.3 is 9.72 Å². The highest BCUT2D eigenvalue weighted by Gasteiger charge is 2.29. The zero-order valence-electron chi connectivity index (χ0n) is 18.8. The van der Waals surface area contributed by atoms with Crippen molar-refractivity contribution < 1.29 is 4.74 Å². The number of piperidine rings is 1. The summed E-state index contributed by atoms with van der Waals surface area (Å²) in [5, 5.41) is 14.4. The van der Waals surface area contributed by atoms with Crippen molar-refractivity contribution in [1.82, 2.24) is 35.2 Å². The molecule has 10 heteroatoms. The van der Waals surface area contributed by atoms with E-state index in [1.807, 2.05) is 25.1 Å². The molecule has 6 rings (SSSR count). The smallest absolute Gasteiger partial charge is 0.159 e. The molecule has 1 fully saturated rings. The number of hydrazine groups is 1. The third-order valence-electron chi connectivity index (χ3n) is 6.64. The number of nitrogens with one attached hydrogen (secondary N) is 2. The topological polar surface area (TPSA) is 86.0 Å². The van der Waals surface area contributed by atoms with Crippen LogP contribution in [0.5, 0.6) is 5.75 Å². The van der Waals surface area contributed by atoms with Gasteiger partial charge in [0.15, 0.2) is 5.82 Å². The van der Waals surface area contributed by atoms with Crippen molar-refractivity contribution in [3.8, 4) is 17.3 Å². The summed E-state index contributed by atoms with van der Waals surface area (Å²) >= 11 is 12.6. The second kappa shape index (κ2) is 8.85. The van der Waals surface area contributed by atoms with Gasteiger partial charge in [0, 0.05) is 36.4 Å². The van der Waals surface area contributed by atoms with Crippen LogP contribution < -0.4 is 4.74 Å². The number of ether oxygens (including phenoxy) is 1. The average Bonchev–Trinajstić information content (AvgIpc) is 3.52. The molecular weight excluding hydrogens is 473 g/mol. The fourth-order valence-electron chi connectivity index (χ4n) is 4.91. The van der Waals surface area contributed by atoms with Gasteiger partial charge in [-0.3, -0.25) is 10.1 Å². The van der Waals surface area contributed by atoms with Crippen LogP contribution in [0.2, 0.25) is 10.0 Å². The van der Waals surface area contributed by atoms with E-state index in [4.69, 9.17) is 32.9 Å². The van der Waals surface area contributed by atoms with Gasteiger partial charge in [0.2, 0.25) is 0 Å². The summed E-state index contributed by atoms with van der Waals surface area (Å²) in [5.41, 5.74) is 4.68. The SMILES string of the molecule is CC(Oc1ccc2[nH]nc(-c3nc4c([nH]3)CN(N3CCCCC3)C4)c2c1)c1c(Cl)cncc1Cl. The van der Waals surface area contributed by atoms with E-state index >= 15 is 0 Å². The van der Waals surface area contributed by atoms with E-state index in [1.165, 1.54) is 25.0 Å². The number of H-pyrrole nitrogens is 2. The number of rotatable bonds is 5. The van der Waals surface area contributed by atoms with Gasteiger partial charge in [0.05, 0.1) is 40.0 Å². The molecule has 0 amide bonds. The van der Waals surface area contributed by atoms with Crippen molar-refractivity contribution in [3.05, 3.63) is 57.6 Å². The molecule has 0 bridgehead atoms. The molecule has 176 valence electrons. The van der Waals surface area contributed by atoms with Crippen LogP contribution in [-0.2, 0) is 13.1 Å². The predicted molar refractivity (Wildman–Crippen MR) is 132 cm³/mol.